The highest BCUT2D eigenvalue weighted by Crippen LogP contribution is 2.25. The van der Waals surface area contributed by atoms with Crippen LogP contribution < -0.4 is 0 Å². The van der Waals surface area contributed by atoms with Gasteiger partial charge < -0.3 is 9.64 Å². The predicted molar refractivity (Wildman–Crippen MR) is 109 cm³/mol. The average molecular weight is 375 g/mol. The Hall–Kier alpha value is -2.92. The van der Waals surface area contributed by atoms with E-state index in [4.69, 9.17) is 9.84 Å². The van der Waals surface area contributed by atoms with Crippen LogP contribution in [0.2, 0.25) is 0 Å². The average Bonchev–Trinajstić information content (AvgIpc) is 3.12. The fourth-order valence-corrected chi connectivity index (χ4v) is 3.53. The number of hydrogen-bond acceptors (Lipinski definition) is 3. The molecule has 1 aliphatic rings. The van der Waals surface area contributed by atoms with Crippen LogP contribution in [0.5, 0.6) is 0 Å². The maximum Gasteiger partial charge on any atom is 0.257 e. The number of benzene rings is 2. The van der Waals surface area contributed by atoms with Crippen LogP contribution >= 0.6 is 0 Å². The van der Waals surface area contributed by atoms with Gasteiger partial charge in [-0.2, -0.15) is 5.10 Å². The second-order valence-corrected chi connectivity index (χ2v) is 7.37. The first-order valence-electron chi connectivity index (χ1n) is 9.69. The van der Waals surface area contributed by atoms with Gasteiger partial charge >= 0.3 is 0 Å². The van der Waals surface area contributed by atoms with Crippen molar-refractivity contribution in [2.75, 3.05) is 19.7 Å². The molecule has 0 bridgehead atoms. The molecule has 0 spiro atoms. The lowest BCUT2D eigenvalue weighted by molar-refractivity contribution is -0.0123. The van der Waals surface area contributed by atoms with Gasteiger partial charge in [-0.1, -0.05) is 60.2 Å². The molecule has 4 rings (SSSR count). The second kappa shape index (κ2) is 7.98. The zero-order valence-electron chi connectivity index (χ0n) is 16.3. The van der Waals surface area contributed by atoms with Crippen molar-refractivity contribution in [2.24, 2.45) is 0 Å². The molecule has 0 aliphatic carbocycles. The lowest BCUT2D eigenvalue weighted by atomic mass is 10.1. The van der Waals surface area contributed by atoms with Crippen LogP contribution in [0.1, 0.15) is 28.4 Å². The molecule has 3 aromatic rings. The normalized spacial score (nSPS) is 16.9. The molecule has 1 saturated heterocycles. The zero-order valence-corrected chi connectivity index (χ0v) is 16.3. The minimum Gasteiger partial charge on any atom is -0.375 e. The third kappa shape index (κ3) is 3.99. The highest BCUT2D eigenvalue weighted by molar-refractivity contribution is 5.99. The smallest absolute Gasteiger partial charge is 0.257 e. The highest BCUT2D eigenvalue weighted by Gasteiger charge is 2.26. The number of aryl methyl sites for hydroxylation is 1. The van der Waals surface area contributed by atoms with Gasteiger partial charge in [0.2, 0.25) is 0 Å². The summed E-state index contributed by atoms with van der Waals surface area (Å²) in [6.45, 7) is 6.48. The monoisotopic (exact) mass is 375 g/mol. The van der Waals surface area contributed by atoms with Crippen molar-refractivity contribution in [2.45, 2.75) is 26.5 Å². The second-order valence-electron chi connectivity index (χ2n) is 7.37. The Morgan fingerprint density at radius 3 is 2.61 bits per heavy atom. The van der Waals surface area contributed by atoms with Crippen LogP contribution in [0.15, 0.2) is 60.8 Å². The maximum absolute atomic E-state index is 13.3. The summed E-state index contributed by atoms with van der Waals surface area (Å²) >= 11 is 0. The fraction of sp³-hybridized carbons (Fsp3) is 0.304. The van der Waals surface area contributed by atoms with Gasteiger partial charge in [0.1, 0.15) is 5.69 Å². The number of nitrogens with zero attached hydrogens (tertiary/aromatic N) is 3. The molecule has 2 heterocycles. The van der Waals surface area contributed by atoms with Gasteiger partial charge in [0.15, 0.2) is 0 Å². The van der Waals surface area contributed by atoms with Crippen molar-refractivity contribution in [3.05, 3.63) is 77.5 Å². The van der Waals surface area contributed by atoms with E-state index in [2.05, 4.69) is 31.2 Å². The summed E-state index contributed by atoms with van der Waals surface area (Å²) in [6.07, 6.45) is 1.94. The van der Waals surface area contributed by atoms with Crippen LogP contribution in [-0.2, 0) is 11.3 Å². The quantitative estimate of drug-likeness (QED) is 0.697. The Morgan fingerprint density at radius 2 is 1.89 bits per heavy atom. The van der Waals surface area contributed by atoms with E-state index in [1.54, 1.807) is 0 Å². The number of rotatable bonds is 4. The number of morpholine rings is 1. The fourth-order valence-electron chi connectivity index (χ4n) is 3.53. The van der Waals surface area contributed by atoms with Crippen molar-refractivity contribution < 1.29 is 9.53 Å². The van der Waals surface area contributed by atoms with E-state index in [9.17, 15) is 4.79 Å². The van der Waals surface area contributed by atoms with Crippen molar-refractivity contribution >= 4 is 5.91 Å². The largest absolute Gasteiger partial charge is 0.375 e. The Labute approximate surface area is 165 Å². The summed E-state index contributed by atoms with van der Waals surface area (Å²) in [6, 6.07) is 18.3. The summed E-state index contributed by atoms with van der Waals surface area (Å²) in [7, 11) is 0. The van der Waals surface area contributed by atoms with E-state index in [1.165, 1.54) is 5.56 Å². The van der Waals surface area contributed by atoms with Gasteiger partial charge in [0.05, 0.1) is 24.8 Å². The van der Waals surface area contributed by atoms with Crippen LogP contribution in [0.3, 0.4) is 0 Å². The molecule has 5 heteroatoms. The number of ether oxygens (including phenoxy) is 1. The molecule has 1 amide bonds. The van der Waals surface area contributed by atoms with Crippen molar-refractivity contribution in [1.29, 1.82) is 0 Å². The molecule has 2 aromatic carbocycles. The summed E-state index contributed by atoms with van der Waals surface area (Å²) in [5, 5.41) is 4.78. The van der Waals surface area contributed by atoms with E-state index < -0.39 is 0 Å². The molecular weight excluding hydrogens is 350 g/mol. The third-order valence-electron chi connectivity index (χ3n) is 5.03. The Morgan fingerprint density at radius 1 is 1.14 bits per heavy atom. The van der Waals surface area contributed by atoms with Crippen LogP contribution in [0, 0.1) is 6.92 Å². The first-order valence-corrected chi connectivity index (χ1v) is 9.69. The molecule has 0 N–H and O–H groups in total. The molecule has 0 unspecified atom stereocenters. The van der Waals surface area contributed by atoms with Gasteiger partial charge in [-0.15, -0.1) is 0 Å². The molecule has 0 saturated carbocycles. The van der Waals surface area contributed by atoms with Gasteiger partial charge in [0, 0.05) is 24.8 Å². The van der Waals surface area contributed by atoms with E-state index in [1.807, 2.05) is 53.0 Å². The molecule has 1 aliphatic heterocycles. The lowest BCUT2D eigenvalue weighted by Crippen LogP contribution is -2.44. The van der Waals surface area contributed by atoms with Crippen LogP contribution in [0.4, 0.5) is 0 Å². The minimum absolute atomic E-state index is 0.0186. The van der Waals surface area contributed by atoms with Gasteiger partial charge in [-0.05, 0) is 19.4 Å². The summed E-state index contributed by atoms with van der Waals surface area (Å²) in [5.74, 6) is 0.0186. The van der Waals surface area contributed by atoms with Crippen molar-refractivity contribution in [3.63, 3.8) is 0 Å². The molecule has 1 aromatic heterocycles. The van der Waals surface area contributed by atoms with Crippen LogP contribution in [-0.4, -0.2) is 46.4 Å². The molecular formula is C23H25N3O2. The molecule has 1 atom stereocenters. The van der Waals surface area contributed by atoms with Crippen molar-refractivity contribution in [3.8, 4) is 11.3 Å². The number of carbonyl (C=O) groups excluding carboxylic acids is 1. The number of carbonyl (C=O) groups is 1. The Balaban J connectivity index is 1.70. The lowest BCUT2D eigenvalue weighted by Gasteiger charge is -2.31. The Bertz CT molecular complexity index is 948. The molecule has 5 nitrogen and oxygen atoms in total. The number of aromatic nitrogens is 2. The minimum atomic E-state index is 0.0186. The van der Waals surface area contributed by atoms with E-state index >= 15 is 0 Å². The predicted octanol–water partition coefficient (Wildman–Crippen LogP) is 3.77. The SMILES string of the molecule is Cc1ccc(-c2nn(Cc3ccccc3)cc2C(=O)N2CCO[C@@H](C)C2)cc1. The molecule has 0 radical (unpaired) electrons. The molecule has 144 valence electrons. The van der Waals surface area contributed by atoms with E-state index in [0.29, 0.717) is 31.8 Å². The van der Waals surface area contributed by atoms with Gasteiger partial charge in [-0.25, -0.2) is 0 Å². The van der Waals surface area contributed by atoms with Crippen LogP contribution in [0.25, 0.3) is 11.3 Å². The number of hydrogen-bond donors (Lipinski definition) is 0. The van der Waals surface area contributed by atoms with Gasteiger partial charge in [0.25, 0.3) is 5.91 Å². The van der Waals surface area contributed by atoms with Gasteiger partial charge in [-0.3, -0.25) is 9.48 Å². The third-order valence-corrected chi connectivity index (χ3v) is 5.03. The Kier molecular flexibility index (Phi) is 5.26. The maximum atomic E-state index is 13.3. The summed E-state index contributed by atoms with van der Waals surface area (Å²) in [5.41, 5.74) is 4.68. The summed E-state index contributed by atoms with van der Waals surface area (Å²) in [4.78, 5) is 15.2. The first-order chi connectivity index (χ1) is 13.6. The molecule has 28 heavy (non-hydrogen) atoms. The first kappa shape index (κ1) is 18.4. The highest BCUT2D eigenvalue weighted by atomic mass is 16.5. The van der Waals surface area contributed by atoms with Crippen molar-refractivity contribution in [1.82, 2.24) is 14.7 Å². The number of amides is 1. The topological polar surface area (TPSA) is 47.4 Å². The van der Waals surface area contributed by atoms with E-state index in [-0.39, 0.29) is 12.0 Å². The summed E-state index contributed by atoms with van der Waals surface area (Å²) < 4.78 is 7.45. The zero-order chi connectivity index (χ0) is 19.5. The standard InChI is InChI=1S/C23H25N3O2/c1-17-8-10-20(11-9-17)22-21(23(27)25-12-13-28-18(2)14-25)16-26(24-22)15-19-6-4-3-5-7-19/h3-11,16,18H,12-15H2,1-2H3/t18-/m0/s1. The molecule has 1 fully saturated rings. The van der Waals surface area contributed by atoms with E-state index in [0.717, 1.165) is 16.8 Å².